The van der Waals surface area contributed by atoms with Gasteiger partial charge in [-0.25, -0.2) is 4.39 Å². The molecule has 0 atom stereocenters. The van der Waals surface area contributed by atoms with Crippen LogP contribution in [0.4, 0.5) is 4.39 Å². The van der Waals surface area contributed by atoms with Gasteiger partial charge in [0.05, 0.1) is 17.0 Å². The number of amides is 1. The average molecular weight is 274 g/mol. The quantitative estimate of drug-likeness (QED) is 0.896. The molecule has 1 aromatic rings. The highest BCUT2D eigenvalue weighted by Gasteiger charge is 2.19. The van der Waals surface area contributed by atoms with Crippen molar-refractivity contribution in [3.63, 3.8) is 0 Å². The van der Waals surface area contributed by atoms with Crippen LogP contribution >= 0.6 is 11.6 Å². The van der Waals surface area contributed by atoms with E-state index in [0.29, 0.717) is 6.54 Å². The molecule has 0 heterocycles. The first kappa shape index (κ1) is 14.4. The summed E-state index contributed by atoms with van der Waals surface area (Å²) in [6.45, 7) is 2.04. The molecule has 0 radical (unpaired) electrons. The number of hydrogen-bond donors (Lipinski definition) is 1. The van der Waals surface area contributed by atoms with Crippen molar-refractivity contribution in [2.45, 2.75) is 13.3 Å². The van der Waals surface area contributed by atoms with Crippen molar-refractivity contribution in [1.82, 2.24) is 4.90 Å². The Labute approximate surface area is 109 Å². The van der Waals surface area contributed by atoms with Gasteiger partial charge in [0.2, 0.25) is 0 Å². The minimum absolute atomic E-state index is 0.0383. The van der Waals surface area contributed by atoms with Crippen molar-refractivity contribution >= 4 is 23.5 Å². The fourth-order valence-corrected chi connectivity index (χ4v) is 1.65. The number of nitrogens with zero attached hydrogens (tertiary/aromatic N) is 1. The van der Waals surface area contributed by atoms with Crippen LogP contribution in [0.25, 0.3) is 0 Å². The lowest BCUT2D eigenvalue weighted by Gasteiger charge is -2.20. The van der Waals surface area contributed by atoms with Gasteiger partial charge in [-0.1, -0.05) is 17.7 Å². The molecule has 0 aliphatic rings. The van der Waals surface area contributed by atoms with Gasteiger partial charge in [-0.2, -0.15) is 0 Å². The molecule has 1 rings (SSSR count). The molecule has 1 N–H and O–H groups in total. The molecule has 4 nitrogen and oxygen atoms in total. The fourth-order valence-electron chi connectivity index (χ4n) is 1.47. The van der Waals surface area contributed by atoms with Crippen molar-refractivity contribution in [3.8, 4) is 0 Å². The number of hydrogen-bond acceptors (Lipinski definition) is 2. The minimum Gasteiger partial charge on any atom is -0.481 e. The molecule has 0 aromatic heterocycles. The van der Waals surface area contributed by atoms with E-state index in [2.05, 4.69) is 0 Å². The van der Waals surface area contributed by atoms with E-state index in [1.54, 1.807) is 6.92 Å². The Morgan fingerprint density at radius 1 is 1.44 bits per heavy atom. The van der Waals surface area contributed by atoms with Gasteiger partial charge >= 0.3 is 5.97 Å². The maximum atomic E-state index is 13.7. The molecular formula is C12H13ClFNO3. The molecule has 0 aliphatic heterocycles. The minimum atomic E-state index is -1.01. The van der Waals surface area contributed by atoms with E-state index in [-0.39, 0.29) is 23.6 Å². The SMILES string of the molecule is CCN(CCC(=O)O)C(=O)c1cccc(Cl)c1F. The Morgan fingerprint density at radius 2 is 2.11 bits per heavy atom. The molecule has 0 aliphatic carbocycles. The maximum absolute atomic E-state index is 13.7. The van der Waals surface area contributed by atoms with Crippen LogP contribution in [0, 0.1) is 5.82 Å². The Hall–Kier alpha value is -1.62. The predicted molar refractivity (Wildman–Crippen MR) is 65.2 cm³/mol. The fraction of sp³-hybridized carbons (Fsp3) is 0.333. The number of carboxylic acid groups (broad SMARTS) is 1. The zero-order valence-corrected chi connectivity index (χ0v) is 10.6. The van der Waals surface area contributed by atoms with Gasteiger partial charge < -0.3 is 10.0 Å². The summed E-state index contributed by atoms with van der Waals surface area (Å²) in [5, 5.41) is 8.45. The van der Waals surface area contributed by atoms with E-state index in [1.807, 2.05) is 0 Å². The number of carboxylic acids is 1. The highest BCUT2D eigenvalue weighted by Crippen LogP contribution is 2.19. The first-order chi connectivity index (χ1) is 8.47. The summed E-state index contributed by atoms with van der Waals surface area (Å²) in [6.07, 6.45) is -0.179. The van der Waals surface area contributed by atoms with E-state index in [9.17, 15) is 14.0 Å². The van der Waals surface area contributed by atoms with Crippen LogP contribution in [-0.2, 0) is 4.79 Å². The predicted octanol–water partition coefficient (Wildman–Crippen LogP) is 2.42. The molecule has 0 saturated heterocycles. The van der Waals surface area contributed by atoms with E-state index >= 15 is 0 Å². The number of benzene rings is 1. The van der Waals surface area contributed by atoms with Gasteiger partial charge in [-0.05, 0) is 19.1 Å². The van der Waals surface area contributed by atoms with Gasteiger partial charge in [0.25, 0.3) is 5.91 Å². The third-order valence-corrected chi connectivity index (χ3v) is 2.74. The molecule has 0 fully saturated rings. The van der Waals surface area contributed by atoms with Crippen molar-refractivity contribution in [1.29, 1.82) is 0 Å². The average Bonchev–Trinajstić information content (AvgIpc) is 2.32. The molecular weight excluding hydrogens is 261 g/mol. The Kier molecular flexibility index (Phi) is 5.09. The topological polar surface area (TPSA) is 57.6 Å². The van der Waals surface area contributed by atoms with Crippen LogP contribution in [0.3, 0.4) is 0 Å². The monoisotopic (exact) mass is 273 g/mol. The first-order valence-electron chi connectivity index (χ1n) is 5.42. The Morgan fingerprint density at radius 3 is 2.67 bits per heavy atom. The van der Waals surface area contributed by atoms with E-state index in [0.717, 1.165) is 0 Å². The molecule has 0 spiro atoms. The number of rotatable bonds is 5. The van der Waals surface area contributed by atoms with Crippen LogP contribution in [0.1, 0.15) is 23.7 Å². The molecule has 18 heavy (non-hydrogen) atoms. The Bertz CT molecular complexity index is 465. The zero-order valence-electron chi connectivity index (χ0n) is 9.82. The number of aliphatic carboxylic acids is 1. The van der Waals surface area contributed by atoms with Gasteiger partial charge in [-0.15, -0.1) is 0 Å². The molecule has 0 saturated carbocycles. The van der Waals surface area contributed by atoms with Crippen LogP contribution < -0.4 is 0 Å². The molecule has 0 bridgehead atoms. The van der Waals surface area contributed by atoms with Crippen LogP contribution in [0.5, 0.6) is 0 Å². The van der Waals surface area contributed by atoms with Crippen LogP contribution in [0.2, 0.25) is 5.02 Å². The molecule has 1 aromatic carbocycles. The summed E-state index contributed by atoms with van der Waals surface area (Å²) in [7, 11) is 0. The molecule has 0 unspecified atom stereocenters. The normalized spacial score (nSPS) is 10.2. The first-order valence-corrected chi connectivity index (χ1v) is 5.80. The van der Waals surface area contributed by atoms with Gasteiger partial charge in [0, 0.05) is 13.1 Å². The third-order valence-electron chi connectivity index (χ3n) is 2.45. The van der Waals surface area contributed by atoms with Crippen molar-refractivity contribution in [3.05, 3.63) is 34.6 Å². The summed E-state index contributed by atoms with van der Waals surface area (Å²) in [6, 6.07) is 4.15. The second-order valence-corrected chi connectivity index (χ2v) is 4.04. The number of carbonyl (C=O) groups excluding carboxylic acids is 1. The lowest BCUT2D eigenvalue weighted by molar-refractivity contribution is -0.137. The summed E-state index contributed by atoms with van der Waals surface area (Å²) < 4.78 is 13.7. The summed E-state index contributed by atoms with van der Waals surface area (Å²) in [5.41, 5.74) is -0.144. The molecule has 1 amide bonds. The highest BCUT2D eigenvalue weighted by molar-refractivity contribution is 6.31. The largest absolute Gasteiger partial charge is 0.481 e. The number of halogens is 2. The molecule has 6 heteroatoms. The second kappa shape index (κ2) is 6.35. The molecule has 98 valence electrons. The van der Waals surface area contributed by atoms with E-state index < -0.39 is 17.7 Å². The summed E-state index contributed by atoms with van der Waals surface area (Å²) in [5.74, 6) is -2.34. The van der Waals surface area contributed by atoms with Crippen LogP contribution in [0.15, 0.2) is 18.2 Å². The lowest BCUT2D eigenvalue weighted by Crippen LogP contribution is -2.33. The van der Waals surface area contributed by atoms with E-state index in [1.165, 1.54) is 23.1 Å². The van der Waals surface area contributed by atoms with E-state index in [4.69, 9.17) is 16.7 Å². The van der Waals surface area contributed by atoms with Gasteiger partial charge in [-0.3, -0.25) is 9.59 Å². The maximum Gasteiger partial charge on any atom is 0.305 e. The zero-order chi connectivity index (χ0) is 13.7. The number of carbonyl (C=O) groups is 2. The Balaban J connectivity index is 2.89. The van der Waals surface area contributed by atoms with Crippen LogP contribution in [-0.4, -0.2) is 35.0 Å². The van der Waals surface area contributed by atoms with Crippen molar-refractivity contribution < 1.29 is 19.1 Å². The summed E-state index contributed by atoms with van der Waals surface area (Å²) >= 11 is 5.59. The standard InChI is InChI=1S/C12H13ClFNO3/c1-2-15(7-6-10(16)17)12(18)8-4-3-5-9(13)11(8)14/h3-5H,2,6-7H2,1H3,(H,16,17). The van der Waals surface area contributed by atoms with Crippen molar-refractivity contribution in [2.75, 3.05) is 13.1 Å². The van der Waals surface area contributed by atoms with Gasteiger partial charge in [0.1, 0.15) is 0 Å². The summed E-state index contributed by atoms with van der Waals surface area (Å²) in [4.78, 5) is 23.7. The second-order valence-electron chi connectivity index (χ2n) is 3.63. The van der Waals surface area contributed by atoms with Gasteiger partial charge in [0.15, 0.2) is 5.82 Å². The smallest absolute Gasteiger partial charge is 0.305 e. The van der Waals surface area contributed by atoms with Crippen molar-refractivity contribution in [2.24, 2.45) is 0 Å². The lowest BCUT2D eigenvalue weighted by atomic mass is 10.1. The third kappa shape index (κ3) is 3.43. The highest BCUT2D eigenvalue weighted by atomic mass is 35.5.